The Morgan fingerprint density at radius 1 is 1.55 bits per heavy atom. The number of nitrogens with one attached hydrogen (secondary N) is 1. The van der Waals surface area contributed by atoms with Crippen LogP contribution in [-0.2, 0) is 0 Å². The molecule has 0 saturated carbocycles. The molecular formula is C5H8F3N3. The molecule has 1 atom stereocenters. The number of hydrogen-bond donors (Lipinski definition) is 2. The number of nitrogens with two attached hydrogens (primary N) is 1. The van der Waals surface area contributed by atoms with Crippen LogP contribution in [-0.4, -0.2) is 24.7 Å². The summed E-state index contributed by atoms with van der Waals surface area (Å²) in [6, 6.07) is -1.53. The molecule has 0 radical (unpaired) electrons. The van der Waals surface area contributed by atoms with Crippen molar-refractivity contribution < 1.29 is 13.2 Å². The maximum absolute atomic E-state index is 11.9. The van der Waals surface area contributed by atoms with E-state index in [1.807, 2.05) is 0 Å². The van der Waals surface area contributed by atoms with Crippen molar-refractivity contribution in [1.82, 2.24) is 5.32 Å². The van der Waals surface area contributed by atoms with E-state index in [2.05, 4.69) is 10.3 Å². The zero-order valence-electron chi connectivity index (χ0n) is 5.65. The van der Waals surface area contributed by atoms with Gasteiger partial charge in [-0.2, -0.15) is 13.2 Å². The molecule has 0 unspecified atom stereocenters. The quantitative estimate of drug-likeness (QED) is 0.542. The van der Waals surface area contributed by atoms with E-state index in [0.29, 0.717) is 0 Å². The highest BCUT2D eigenvalue weighted by molar-refractivity contribution is 5.78. The molecule has 1 aliphatic rings. The molecule has 1 aliphatic heterocycles. The zero-order valence-corrected chi connectivity index (χ0v) is 5.65. The van der Waals surface area contributed by atoms with Crippen LogP contribution < -0.4 is 11.1 Å². The maximum Gasteiger partial charge on any atom is 0.408 e. The van der Waals surface area contributed by atoms with Gasteiger partial charge in [0.1, 0.15) is 6.04 Å². The van der Waals surface area contributed by atoms with E-state index < -0.39 is 12.2 Å². The predicted octanol–water partition coefficient (Wildman–Crippen LogP) is 0.225. The average Bonchev–Trinajstić information content (AvgIpc) is 1.86. The molecule has 0 amide bonds. The van der Waals surface area contributed by atoms with Crippen LogP contribution in [0.15, 0.2) is 4.99 Å². The van der Waals surface area contributed by atoms with Gasteiger partial charge in [-0.1, -0.05) is 0 Å². The molecule has 1 rings (SSSR count). The van der Waals surface area contributed by atoms with Crippen molar-refractivity contribution in [3.05, 3.63) is 0 Å². The second-order valence-corrected chi connectivity index (χ2v) is 2.29. The molecule has 0 fully saturated rings. The average molecular weight is 167 g/mol. The normalized spacial score (nSPS) is 25.7. The third-order valence-corrected chi connectivity index (χ3v) is 1.42. The Hall–Kier alpha value is -0.940. The third kappa shape index (κ3) is 1.99. The van der Waals surface area contributed by atoms with E-state index in [1.54, 1.807) is 0 Å². The summed E-state index contributed by atoms with van der Waals surface area (Å²) in [5.74, 6) is -0.126. The van der Waals surface area contributed by atoms with Crippen molar-refractivity contribution in [2.45, 2.75) is 18.6 Å². The molecular weight excluding hydrogens is 159 g/mol. The van der Waals surface area contributed by atoms with E-state index >= 15 is 0 Å². The lowest BCUT2D eigenvalue weighted by Gasteiger charge is -2.24. The van der Waals surface area contributed by atoms with Gasteiger partial charge in [-0.15, -0.1) is 0 Å². The lowest BCUT2D eigenvalue weighted by atomic mass is 10.2. The van der Waals surface area contributed by atoms with E-state index in [1.165, 1.54) is 0 Å². The molecule has 0 aliphatic carbocycles. The first-order valence-electron chi connectivity index (χ1n) is 3.13. The van der Waals surface area contributed by atoms with Gasteiger partial charge in [0.15, 0.2) is 5.96 Å². The van der Waals surface area contributed by atoms with Gasteiger partial charge in [-0.3, -0.25) is 4.99 Å². The summed E-state index contributed by atoms with van der Waals surface area (Å²) in [6.07, 6.45) is -4.26. The first-order valence-corrected chi connectivity index (χ1v) is 3.13. The number of alkyl halides is 3. The lowest BCUT2D eigenvalue weighted by Crippen LogP contribution is -2.51. The second-order valence-electron chi connectivity index (χ2n) is 2.29. The van der Waals surface area contributed by atoms with Crippen molar-refractivity contribution in [3.63, 3.8) is 0 Å². The van der Waals surface area contributed by atoms with Gasteiger partial charge >= 0.3 is 6.18 Å². The summed E-state index contributed by atoms with van der Waals surface area (Å²) < 4.78 is 35.8. The molecule has 3 N–H and O–H groups in total. The summed E-state index contributed by atoms with van der Waals surface area (Å²) in [4.78, 5) is 3.58. The first-order chi connectivity index (χ1) is 5.00. The fourth-order valence-corrected chi connectivity index (χ4v) is 0.856. The van der Waals surface area contributed by atoms with Crippen LogP contribution in [0.3, 0.4) is 0 Å². The third-order valence-electron chi connectivity index (χ3n) is 1.42. The van der Waals surface area contributed by atoms with Gasteiger partial charge in [0.25, 0.3) is 0 Å². The summed E-state index contributed by atoms with van der Waals surface area (Å²) in [7, 11) is 0. The molecule has 6 heteroatoms. The minimum Gasteiger partial charge on any atom is -0.370 e. The minimum atomic E-state index is -4.22. The van der Waals surface area contributed by atoms with Crippen molar-refractivity contribution in [3.8, 4) is 0 Å². The van der Waals surface area contributed by atoms with Gasteiger partial charge in [0.05, 0.1) is 0 Å². The summed E-state index contributed by atoms with van der Waals surface area (Å²) >= 11 is 0. The molecule has 0 spiro atoms. The fraction of sp³-hybridized carbons (Fsp3) is 0.800. The fourth-order valence-electron chi connectivity index (χ4n) is 0.856. The van der Waals surface area contributed by atoms with Crippen LogP contribution in [0, 0.1) is 0 Å². The van der Waals surface area contributed by atoms with Crippen LogP contribution >= 0.6 is 0 Å². The molecule has 1 heterocycles. The summed E-state index contributed by atoms with van der Waals surface area (Å²) in [5, 5.41) is 2.06. The van der Waals surface area contributed by atoms with Crippen molar-refractivity contribution in [1.29, 1.82) is 0 Å². The monoisotopic (exact) mass is 167 g/mol. The summed E-state index contributed by atoms with van der Waals surface area (Å²) in [6.45, 7) is 0.142. The lowest BCUT2D eigenvalue weighted by molar-refractivity contribution is -0.153. The van der Waals surface area contributed by atoms with E-state index in [4.69, 9.17) is 5.73 Å². The van der Waals surface area contributed by atoms with Crippen molar-refractivity contribution >= 4 is 5.96 Å². The predicted molar refractivity (Wildman–Crippen MR) is 34.1 cm³/mol. The van der Waals surface area contributed by atoms with Gasteiger partial charge in [0.2, 0.25) is 0 Å². The van der Waals surface area contributed by atoms with Crippen LogP contribution in [0.4, 0.5) is 13.2 Å². The van der Waals surface area contributed by atoms with E-state index in [-0.39, 0.29) is 18.9 Å². The SMILES string of the molecule is NC1=NCC[C@H](C(F)(F)F)N1. The van der Waals surface area contributed by atoms with Gasteiger partial charge in [-0.05, 0) is 6.42 Å². The highest BCUT2D eigenvalue weighted by Crippen LogP contribution is 2.23. The number of nitrogens with zero attached hydrogens (tertiary/aromatic N) is 1. The molecule has 0 bridgehead atoms. The minimum absolute atomic E-state index is 0.0375. The molecule has 0 aromatic carbocycles. The molecule has 0 aromatic rings. The topological polar surface area (TPSA) is 50.4 Å². The van der Waals surface area contributed by atoms with Gasteiger partial charge in [-0.25, -0.2) is 0 Å². The Morgan fingerprint density at radius 2 is 2.18 bits per heavy atom. The highest BCUT2D eigenvalue weighted by atomic mass is 19.4. The molecule has 0 saturated heterocycles. The van der Waals surface area contributed by atoms with Gasteiger partial charge < -0.3 is 11.1 Å². The van der Waals surface area contributed by atoms with Crippen LogP contribution in [0.1, 0.15) is 6.42 Å². The molecule has 11 heavy (non-hydrogen) atoms. The Balaban J connectivity index is 2.58. The Labute approximate surface area is 61.5 Å². The second kappa shape index (κ2) is 2.60. The zero-order chi connectivity index (χ0) is 8.48. The maximum atomic E-state index is 11.9. The van der Waals surface area contributed by atoms with E-state index in [0.717, 1.165) is 0 Å². The van der Waals surface area contributed by atoms with E-state index in [9.17, 15) is 13.2 Å². The molecule has 64 valence electrons. The molecule has 3 nitrogen and oxygen atoms in total. The Kier molecular flexibility index (Phi) is 1.92. The number of halogens is 3. The Bertz CT molecular complexity index is 174. The number of aliphatic imine (C=N–C) groups is 1. The van der Waals surface area contributed by atoms with Gasteiger partial charge in [0, 0.05) is 6.54 Å². The summed E-state index contributed by atoms with van der Waals surface area (Å²) in [5.41, 5.74) is 5.06. The van der Waals surface area contributed by atoms with Crippen LogP contribution in [0.5, 0.6) is 0 Å². The van der Waals surface area contributed by atoms with Crippen molar-refractivity contribution in [2.24, 2.45) is 10.7 Å². The number of hydrogen-bond acceptors (Lipinski definition) is 3. The largest absolute Gasteiger partial charge is 0.408 e. The number of guanidine groups is 1. The number of rotatable bonds is 0. The standard InChI is InChI=1S/C5H8F3N3/c6-5(7,8)3-1-2-10-4(9)11-3/h3H,1-2H2,(H3,9,10,11)/t3-/m1/s1. The van der Waals surface area contributed by atoms with Crippen LogP contribution in [0.2, 0.25) is 0 Å². The van der Waals surface area contributed by atoms with Crippen molar-refractivity contribution in [2.75, 3.05) is 6.54 Å². The smallest absolute Gasteiger partial charge is 0.370 e. The molecule has 0 aromatic heterocycles. The highest BCUT2D eigenvalue weighted by Gasteiger charge is 2.40. The Morgan fingerprint density at radius 3 is 2.55 bits per heavy atom. The van der Waals surface area contributed by atoms with Crippen LogP contribution in [0.25, 0.3) is 0 Å². The first kappa shape index (κ1) is 8.16.